The fourth-order valence-corrected chi connectivity index (χ4v) is 3.12. The zero-order valence-corrected chi connectivity index (χ0v) is 14.1. The molecule has 128 valence electrons. The smallest absolute Gasteiger partial charge is 0.314 e. The second kappa shape index (κ2) is 6.95. The van der Waals surface area contributed by atoms with Gasteiger partial charge in [-0.1, -0.05) is 13.0 Å². The first-order chi connectivity index (χ1) is 11.6. The minimum Gasteiger partial charge on any atom is -0.463 e. The van der Waals surface area contributed by atoms with Gasteiger partial charge in [-0.2, -0.15) is 0 Å². The molecule has 2 heterocycles. The average molecular weight is 329 g/mol. The van der Waals surface area contributed by atoms with Crippen LogP contribution in [0.4, 0.5) is 4.79 Å². The van der Waals surface area contributed by atoms with E-state index in [1.807, 2.05) is 23.1 Å². The lowest BCUT2D eigenvalue weighted by Gasteiger charge is -2.32. The molecule has 3 amide bonds. The molecule has 1 aliphatic heterocycles. The van der Waals surface area contributed by atoms with Crippen LogP contribution in [0.25, 0.3) is 11.0 Å². The van der Waals surface area contributed by atoms with Crippen molar-refractivity contribution in [1.29, 1.82) is 0 Å². The summed E-state index contributed by atoms with van der Waals surface area (Å²) in [6.07, 6.45) is 4.00. The van der Waals surface area contributed by atoms with E-state index in [4.69, 9.17) is 4.42 Å². The molecular weight excluding hydrogens is 306 g/mol. The maximum Gasteiger partial charge on any atom is 0.314 e. The highest BCUT2D eigenvalue weighted by Crippen LogP contribution is 2.25. The zero-order valence-electron chi connectivity index (χ0n) is 14.1. The molecule has 0 aliphatic carbocycles. The van der Waals surface area contributed by atoms with E-state index < -0.39 is 0 Å². The number of hydrogen-bond donors (Lipinski definition) is 2. The molecule has 1 aromatic carbocycles. The van der Waals surface area contributed by atoms with Gasteiger partial charge in [-0.3, -0.25) is 4.79 Å². The predicted molar refractivity (Wildman–Crippen MR) is 92.1 cm³/mol. The van der Waals surface area contributed by atoms with Crippen molar-refractivity contribution in [2.75, 3.05) is 20.1 Å². The largest absolute Gasteiger partial charge is 0.463 e. The fourth-order valence-electron chi connectivity index (χ4n) is 3.12. The molecule has 1 fully saturated rings. The molecule has 2 N–H and O–H groups in total. The summed E-state index contributed by atoms with van der Waals surface area (Å²) in [5.41, 5.74) is 2.55. The number of urea groups is 1. The van der Waals surface area contributed by atoms with Crippen LogP contribution in [0, 0.1) is 0 Å². The van der Waals surface area contributed by atoms with Crippen LogP contribution in [0.15, 0.2) is 28.9 Å². The molecule has 0 spiro atoms. The average Bonchev–Trinajstić information content (AvgIpc) is 3.04. The highest BCUT2D eigenvalue weighted by atomic mass is 16.3. The summed E-state index contributed by atoms with van der Waals surface area (Å²) in [7, 11) is 1.60. The van der Waals surface area contributed by atoms with Crippen molar-refractivity contribution in [2.24, 2.45) is 0 Å². The quantitative estimate of drug-likeness (QED) is 0.909. The second-order valence-corrected chi connectivity index (χ2v) is 6.12. The lowest BCUT2D eigenvalue weighted by molar-refractivity contribution is 0.0709. The highest BCUT2D eigenvalue weighted by molar-refractivity contribution is 6.06. The lowest BCUT2D eigenvalue weighted by atomic mass is 10.0. The normalized spacial score (nSPS) is 15.5. The molecule has 1 saturated heterocycles. The number of furan rings is 1. The van der Waals surface area contributed by atoms with Gasteiger partial charge in [-0.05, 0) is 37.0 Å². The zero-order chi connectivity index (χ0) is 17.1. The van der Waals surface area contributed by atoms with Crippen LogP contribution in [0.3, 0.4) is 0 Å². The summed E-state index contributed by atoms with van der Waals surface area (Å²) in [5, 5.41) is 6.34. The van der Waals surface area contributed by atoms with Crippen LogP contribution in [-0.4, -0.2) is 43.0 Å². The first-order valence-electron chi connectivity index (χ1n) is 8.40. The van der Waals surface area contributed by atoms with E-state index >= 15 is 0 Å². The third-order valence-electron chi connectivity index (χ3n) is 4.62. The van der Waals surface area contributed by atoms with E-state index in [0.717, 1.165) is 30.2 Å². The Hall–Kier alpha value is -2.50. The van der Waals surface area contributed by atoms with Crippen molar-refractivity contribution in [3.8, 4) is 0 Å². The van der Waals surface area contributed by atoms with Gasteiger partial charge >= 0.3 is 6.03 Å². The van der Waals surface area contributed by atoms with Gasteiger partial charge in [0, 0.05) is 31.6 Å². The van der Waals surface area contributed by atoms with Crippen molar-refractivity contribution in [3.05, 3.63) is 35.6 Å². The number of fused-ring (bicyclic) bond motifs is 1. The van der Waals surface area contributed by atoms with Crippen molar-refractivity contribution in [2.45, 2.75) is 32.2 Å². The maximum atomic E-state index is 12.8. The number of carbonyl (C=O) groups is 2. The fraction of sp³-hybridized carbons (Fsp3) is 0.444. The molecule has 3 rings (SSSR count). The number of nitrogens with zero attached hydrogens (tertiary/aromatic N) is 1. The van der Waals surface area contributed by atoms with Crippen LogP contribution < -0.4 is 10.6 Å². The molecule has 1 aliphatic rings. The lowest BCUT2D eigenvalue weighted by Crippen LogP contribution is -2.48. The van der Waals surface area contributed by atoms with E-state index in [2.05, 4.69) is 17.6 Å². The third-order valence-corrected chi connectivity index (χ3v) is 4.62. The van der Waals surface area contributed by atoms with Crippen LogP contribution in [-0.2, 0) is 6.42 Å². The monoisotopic (exact) mass is 329 g/mol. The van der Waals surface area contributed by atoms with E-state index in [1.54, 1.807) is 13.3 Å². The van der Waals surface area contributed by atoms with Gasteiger partial charge in [0.2, 0.25) is 0 Å². The van der Waals surface area contributed by atoms with Crippen LogP contribution in [0.5, 0.6) is 0 Å². The van der Waals surface area contributed by atoms with E-state index in [9.17, 15) is 9.59 Å². The molecule has 6 nitrogen and oxygen atoms in total. The van der Waals surface area contributed by atoms with Crippen molar-refractivity contribution < 1.29 is 14.0 Å². The van der Waals surface area contributed by atoms with Gasteiger partial charge in [-0.15, -0.1) is 0 Å². The first kappa shape index (κ1) is 16.4. The van der Waals surface area contributed by atoms with Gasteiger partial charge in [-0.25, -0.2) is 4.79 Å². The van der Waals surface area contributed by atoms with Crippen LogP contribution >= 0.6 is 0 Å². The van der Waals surface area contributed by atoms with Crippen molar-refractivity contribution >= 4 is 22.9 Å². The number of likely N-dealkylation sites (tertiary alicyclic amines) is 1. The Bertz CT molecular complexity index is 745. The molecule has 0 atom stereocenters. The number of carbonyl (C=O) groups excluding carboxylic acids is 2. The molecular formula is C18H23N3O3. The van der Waals surface area contributed by atoms with Crippen molar-refractivity contribution in [1.82, 2.24) is 15.5 Å². The van der Waals surface area contributed by atoms with Gasteiger partial charge in [0.05, 0.1) is 5.56 Å². The molecule has 0 unspecified atom stereocenters. The van der Waals surface area contributed by atoms with E-state index in [-0.39, 0.29) is 18.0 Å². The van der Waals surface area contributed by atoms with Gasteiger partial charge in [0.15, 0.2) is 0 Å². The number of nitrogens with one attached hydrogen (secondary N) is 2. The third kappa shape index (κ3) is 3.22. The summed E-state index contributed by atoms with van der Waals surface area (Å²) in [6.45, 7) is 3.36. The Kier molecular flexibility index (Phi) is 4.74. The molecule has 24 heavy (non-hydrogen) atoms. The number of piperidine rings is 1. The van der Waals surface area contributed by atoms with Crippen LogP contribution in [0.1, 0.15) is 35.7 Å². The molecule has 0 bridgehead atoms. The number of rotatable bonds is 3. The molecule has 0 saturated carbocycles. The number of hydrogen-bond acceptors (Lipinski definition) is 3. The maximum absolute atomic E-state index is 12.8. The molecule has 0 radical (unpaired) electrons. The summed E-state index contributed by atoms with van der Waals surface area (Å²) in [6, 6.07) is 5.92. The van der Waals surface area contributed by atoms with Crippen LogP contribution in [0.2, 0.25) is 0 Å². The number of benzene rings is 1. The Labute approximate surface area is 141 Å². The SMILES string of the molecule is CCc1ccc2occ(C(=O)N3CCC(NC(=O)NC)CC3)c2c1. The Balaban J connectivity index is 1.70. The predicted octanol–water partition coefficient (Wildman–Crippen LogP) is 2.53. The van der Waals surface area contributed by atoms with E-state index in [0.29, 0.717) is 18.7 Å². The molecule has 6 heteroatoms. The van der Waals surface area contributed by atoms with Gasteiger partial charge in [0.1, 0.15) is 11.8 Å². The van der Waals surface area contributed by atoms with Crippen molar-refractivity contribution in [3.63, 3.8) is 0 Å². The standard InChI is InChI=1S/C18H23N3O3/c1-3-12-4-5-16-14(10-12)15(11-24-16)17(22)21-8-6-13(7-9-21)20-18(23)19-2/h4-5,10-11,13H,3,6-9H2,1-2H3,(H2,19,20,23). The summed E-state index contributed by atoms with van der Waals surface area (Å²) in [4.78, 5) is 26.0. The minimum atomic E-state index is -0.173. The molecule has 1 aromatic heterocycles. The Morgan fingerprint density at radius 3 is 2.71 bits per heavy atom. The number of amides is 3. The van der Waals surface area contributed by atoms with Gasteiger partial charge < -0.3 is 20.0 Å². The van der Waals surface area contributed by atoms with Gasteiger partial charge in [0.25, 0.3) is 5.91 Å². The summed E-state index contributed by atoms with van der Waals surface area (Å²) < 4.78 is 5.54. The second-order valence-electron chi connectivity index (χ2n) is 6.12. The topological polar surface area (TPSA) is 74.6 Å². The summed E-state index contributed by atoms with van der Waals surface area (Å²) in [5.74, 6) is 0.000367. The van der Waals surface area contributed by atoms with E-state index in [1.165, 1.54) is 5.56 Å². The Morgan fingerprint density at radius 1 is 1.29 bits per heavy atom. The minimum absolute atomic E-state index is 0.000367. The summed E-state index contributed by atoms with van der Waals surface area (Å²) >= 11 is 0. The first-order valence-corrected chi connectivity index (χ1v) is 8.40. The molecule has 2 aromatic rings. The Morgan fingerprint density at radius 2 is 2.04 bits per heavy atom. The number of aryl methyl sites for hydroxylation is 1. The highest BCUT2D eigenvalue weighted by Gasteiger charge is 2.26.